The van der Waals surface area contributed by atoms with Crippen LogP contribution < -0.4 is 24.8 Å². The molecule has 0 spiro atoms. The van der Waals surface area contributed by atoms with Crippen molar-refractivity contribution in [3.63, 3.8) is 0 Å². The first-order chi connectivity index (χ1) is 14.7. The number of guanidine groups is 1. The van der Waals surface area contributed by atoms with Gasteiger partial charge in [-0.3, -0.25) is 0 Å². The van der Waals surface area contributed by atoms with Gasteiger partial charge in [0.15, 0.2) is 17.5 Å². The summed E-state index contributed by atoms with van der Waals surface area (Å²) in [6.07, 6.45) is 8.13. The second-order valence-electron chi connectivity index (χ2n) is 7.27. The summed E-state index contributed by atoms with van der Waals surface area (Å²) in [4.78, 5) is 9.14. The Hall–Kier alpha value is -2.96. The van der Waals surface area contributed by atoms with Gasteiger partial charge < -0.3 is 24.8 Å². The van der Waals surface area contributed by atoms with Crippen LogP contribution in [0.3, 0.4) is 0 Å². The van der Waals surface area contributed by atoms with Crippen LogP contribution in [0.5, 0.6) is 23.1 Å². The molecule has 0 radical (unpaired) electrons. The number of ether oxygens (including phenoxy) is 3. The Morgan fingerprint density at radius 2 is 1.80 bits per heavy atom. The standard InChI is InChI=1S/C23H32N4O3/c1-4-24-23(27-18-9-6-5-7-10-18)26-16-17-13-14-21(25-15-17)30-22-19(28-2)11-8-12-20(22)29-3/h8,11-15,18H,4-7,9-10,16H2,1-3H3,(H2,24,26,27). The molecule has 7 nitrogen and oxygen atoms in total. The van der Waals surface area contributed by atoms with E-state index in [9.17, 15) is 0 Å². The fourth-order valence-electron chi connectivity index (χ4n) is 3.52. The molecule has 162 valence electrons. The number of hydrogen-bond donors (Lipinski definition) is 2. The SMILES string of the molecule is CCNC(=NCc1ccc(Oc2c(OC)cccc2OC)nc1)NC1CCCCC1. The fourth-order valence-corrected chi connectivity index (χ4v) is 3.52. The van der Waals surface area contributed by atoms with E-state index >= 15 is 0 Å². The smallest absolute Gasteiger partial charge is 0.219 e. The zero-order valence-electron chi connectivity index (χ0n) is 18.1. The first kappa shape index (κ1) is 21.7. The molecule has 1 aromatic heterocycles. The number of methoxy groups -OCH3 is 2. The highest BCUT2D eigenvalue weighted by atomic mass is 16.5. The Balaban J connectivity index is 1.64. The zero-order chi connectivity index (χ0) is 21.2. The van der Waals surface area contributed by atoms with Gasteiger partial charge in [-0.15, -0.1) is 0 Å². The van der Waals surface area contributed by atoms with Gasteiger partial charge in [0.25, 0.3) is 0 Å². The second kappa shape index (κ2) is 11.3. The molecule has 0 amide bonds. The summed E-state index contributed by atoms with van der Waals surface area (Å²) >= 11 is 0. The molecule has 1 fully saturated rings. The zero-order valence-corrected chi connectivity index (χ0v) is 18.1. The predicted molar refractivity (Wildman–Crippen MR) is 119 cm³/mol. The van der Waals surface area contributed by atoms with Crippen molar-refractivity contribution in [3.05, 3.63) is 42.1 Å². The maximum absolute atomic E-state index is 5.92. The van der Waals surface area contributed by atoms with Gasteiger partial charge in [0.1, 0.15) is 0 Å². The molecule has 0 atom stereocenters. The number of aromatic nitrogens is 1. The van der Waals surface area contributed by atoms with Crippen LogP contribution in [0.15, 0.2) is 41.5 Å². The summed E-state index contributed by atoms with van der Waals surface area (Å²) in [5.74, 6) is 3.02. The van der Waals surface area contributed by atoms with E-state index in [0.29, 0.717) is 35.7 Å². The van der Waals surface area contributed by atoms with Crippen LogP contribution in [0.4, 0.5) is 0 Å². The molecule has 1 aliphatic rings. The van der Waals surface area contributed by atoms with Gasteiger partial charge in [-0.2, -0.15) is 0 Å². The van der Waals surface area contributed by atoms with Crippen LogP contribution in [-0.4, -0.2) is 37.7 Å². The van der Waals surface area contributed by atoms with E-state index in [0.717, 1.165) is 18.1 Å². The molecule has 3 rings (SSSR count). The van der Waals surface area contributed by atoms with Gasteiger partial charge >= 0.3 is 0 Å². The molecule has 0 bridgehead atoms. The maximum atomic E-state index is 5.92. The molecule has 7 heteroatoms. The molecular formula is C23H32N4O3. The monoisotopic (exact) mass is 412 g/mol. The van der Waals surface area contributed by atoms with Gasteiger partial charge in [0.2, 0.25) is 11.6 Å². The van der Waals surface area contributed by atoms with Crippen LogP contribution in [0.1, 0.15) is 44.6 Å². The molecule has 1 saturated carbocycles. The summed E-state index contributed by atoms with van der Waals surface area (Å²) in [7, 11) is 3.19. The first-order valence-electron chi connectivity index (χ1n) is 10.6. The van der Waals surface area contributed by atoms with Crippen molar-refractivity contribution in [2.75, 3.05) is 20.8 Å². The van der Waals surface area contributed by atoms with Gasteiger partial charge in [0, 0.05) is 24.8 Å². The van der Waals surface area contributed by atoms with Crippen LogP contribution in [0.25, 0.3) is 0 Å². The lowest BCUT2D eigenvalue weighted by Gasteiger charge is -2.24. The summed E-state index contributed by atoms with van der Waals surface area (Å²) in [6, 6.07) is 9.81. The average molecular weight is 413 g/mol. The largest absolute Gasteiger partial charge is 0.493 e. The maximum Gasteiger partial charge on any atom is 0.219 e. The van der Waals surface area contributed by atoms with Crippen molar-refractivity contribution in [2.45, 2.75) is 51.6 Å². The van der Waals surface area contributed by atoms with E-state index in [1.165, 1.54) is 32.1 Å². The lowest BCUT2D eigenvalue weighted by atomic mass is 9.96. The van der Waals surface area contributed by atoms with Crippen LogP contribution in [0.2, 0.25) is 0 Å². The van der Waals surface area contributed by atoms with Gasteiger partial charge in [-0.25, -0.2) is 9.98 Å². The summed E-state index contributed by atoms with van der Waals surface area (Å²) in [5.41, 5.74) is 1.01. The highest BCUT2D eigenvalue weighted by molar-refractivity contribution is 5.80. The van der Waals surface area contributed by atoms with Crippen molar-refractivity contribution in [1.29, 1.82) is 0 Å². The minimum absolute atomic E-state index is 0.470. The highest BCUT2D eigenvalue weighted by Gasteiger charge is 2.15. The van der Waals surface area contributed by atoms with E-state index in [1.54, 1.807) is 20.4 Å². The normalized spacial score (nSPS) is 14.8. The second-order valence-corrected chi connectivity index (χ2v) is 7.27. The van der Waals surface area contributed by atoms with Crippen molar-refractivity contribution in [2.24, 2.45) is 4.99 Å². The minimum Gasteiger partial charge on any atom is -0.493 e. The number of nitrogens with one attached hydrogen (secondary N) is 2. The molecule has 2 aromatic rings. The Morgan fingerprint density at radius 3 is 2.40 bits per heavy atom. The molecule has 1 aromatic carbocycles. The lowest BCUT2D eigenvalue weighted by Crippen LogP contribution is -2.44. The minimum atomic E-state index is 0.470. The van der Waals surface area contributed by atoms with E-state index in [4.69, 9.17) is 19.2 Å². The third-order valence-corrected chi connectivity index (χ3v) is 5.10. The number of hydrogen-bond acceptors (Lipinski definition) is 5. The quantitative estimate of drug-likeness (QED) is 0.498. The molecule has 1 aliphatic carbocycles. The van der Waals surface area contributed by atoms with Crippen LogP contribution in [-0.2, 0) is 6.54 Å². The molecule has 2 N–H and O–H groups in total. The number of aliphatic imine (C=N–C) groups is 1. The van der Waals surface area contributed by atoms with Crippen molar-refractivity contribution < 1.29 is 14.2 Å². The van der Waals surface area contributed by atoms with Gasteiger partial charge in [-0.05, 0) is 37.5 Å². The summed E-state index contributed by atoms with van der Waals surface area (Å²) in [5, 5.41) is 6.90. The summed E-state index contributed by atoms with van der Waals surface area (Å²) in [6.45, 7) is 3.47. The van der Waals surface area contributed by atoms with Crippen molar-refractivity contribution in [3.8, 4) is 23.1 Å². The number of para-hydroxylation sites is 1. The van der Waals surface area contributed by atoms with Crippen molar-refractivity contribution >= 4 is 5.96 Å². The Kier molecular flexibility index (Phi) is 8.18. The van der Waals surface area contributed by atoms with Crippen LogP contribution >= 0.6 is 0 Å². The van der Waals surface area contributed by atoms with E-state index in [2.05, 4.69) is 22.5 Å². The molecule has 0 saturated heterocycles. The Bertz CT molecular complexity index is 795. The molecule has 30 heavy (non-hydrogen) atoms. The first-order valence-corrected chi connectivity index (χ1v) is 10.6. The fraction of sp³-hybridized carbons (Fsp3) is 0.478. The van der Waals surface area contributed by atoms with Gasteiger partial charge in [0.05, 0.1) is 20.8 Å². The number of rotatable bonds is 8. The van der Waals surface area contributed by atoms with E-state index in [-0.39, 0.29) is 0 Å². The molecular weight excluding hydrogens is 380 g/mol. The number of benzene rings is 1. The van der Waals surface area contributed by atoms with Gasteiger partial charge in [-0.1, -0.05) is 31.4 Å². The highest BCUT2D eigenvalue weighted by Crippen LogP contribution is 2.39. The predicted octanol–water partition coefficient (Wildman–Crippen LogP) is 4.28. The lowest BCUT2D eigenvalue weighted by molar-refractivity contribution is 0.342. The van der Waals surface area contributed by atoms with Crippen LogP contribution in [0, 0.1) is 0 Å². The van der Waals surface area contributed by atoms with E-state index in [1.807, 2.05) is 30.3 Å². The third-order valence-electron chi connectivity index (χ3n) is 5.10. The average Bonchev–Trinajstić information content (AvgIpc) is 2.79. The Labute approximate surface area is 178 Å². The molecule has 0 unspecified atom stereocenters. The Morgan fingerprint density at radius 1 is 1.07 bits per heavy atom. The van der Waals surface area contributed by atoms with E-state index < -0.39 is 0 Å². The molecule has 1 heterocycles. The number of pyridine rings is 1. The number of nitrogens with zero attached hydrogens (tertiary/aromatic N) is 2. The molecule has 0 aliphatic heterocycles. The summed E-state index contributed by atoms with van der Waals surface area (Å²) < 4.78 is 16.7. The topological polar surface area (TPSA) is 77.0 Å². The third kappa shape index (κ3) is 6.02. The van der Waals surface area contributed by atoms with Crippen molar-refractivity contribution in [1.82, 2.24) is 15.6 Å².